The molecule has 16 unspecified atom stereocenters. The summed E-state index contributed by atoms with van der Waals surface area (Å²) in [7, 11) is 0. The molecule has 0 saturated carbocycles. The third-order valence-corrected chi connectivity index (χ3v) is 10.6. The van der Waals surface area contributed by atoms with Gasteiger partial charge in [0.15, 0.2) is 6.29 Å². The Balaban J connectivity index is 1.61. The number of benzene rings is 1. The molecule has 0 amide bonds. The third kappa shape index (κ3) is 21.5. The Bertz CT molecular complexity index is 1380. The predicted molar refractivity (Wildman–Crippen MR) is 224 cm³/mol. The van der Waals surface area contributed by atoms with Crippen molar-refractivity contribution in [2.45, 2.75) is 190 Å². The number of Topliss-reactive ketones (excluding diaryl/α,β-unsaturated/α-hetero) is 1. The second-order valence-corrected chi connectivity index (χ2v) is 16.3. The summed E-state index contributed by atoms with van der Waals surface area (Å²) in [6.07, 6.45) is -7.69. The van der Waals surface area contributed by atoms with Gasteiger partial charge in [-0.15, -0.1) is 0 Å². The van der Waals surface area contributed by atoms with Crippen LogP contribution in [-0.4, -0.2) is 172 Å². The van der Waals surface area contributed by atoms with E-state index in [0.29, 0.717) is 25.8 Å². The summed E-state index contributed by atoms with van der Waals surface area (Å²) in [6, 6.07) is 9.69. The molecule has 0 aromatic heterocycles. The van der Waals surface area contributed by atoms with E-state index in [1.165, 1.54) is 25.2 Å². The smallest absolute Gasteiger partial charge is 0.186 e. The number of hydrogen-bond acceptors (Lipinski definition) is 16. The standard InChI is InChI=1S/C44H73NO15/c1-4-40(60-44-43(58)42(57)41(56)28(3)59-44)27(2)39(55)25-38(54)24-37(53)22-33(49)16-9-15-32(48)21-36(52)23-35(51)20-31(47)14-8-13-30(46)19-34(50)17-10-18-45-26-29-11-6-5-7-12-29/h5-9,11-12,14,16,26-28,30-38,40-44,46-54,56-58H,4,10,13,15,17-25H2,1-3H3. The van der Waals surface area contributed by atoms with Gasteiger partial charge in [-0.1, -0.05) is 68.5 Å². The topological polar surface area (TPSA) is 291 Å². The van der Waals surface area contributed by atoms with E-state index in [1.54, 1.807) is 26.1 Å². The second-order valence-electron chi connectivity index (χ2n) is 16.3. The maximum absolute atomic E-state index is 12.9. The number of rotatable bonds is 30. The van der Waals surface area contributed by atoms with Crippen LogP contribution in [-0.2, 0) is 14.3 Å². The lowest BCUT2D eigenvalue weighted by Gasteiger charge is -2.40. The Morgan fingerprint density at radius 1 is 0.717 bits per heavy atom. The first-order valence-electron chi connectivity index (χ1n) is 21.3. The first-order chi connectivity index (χ1) is 28.4. The minimum Gasteiger partial charge on any atom is -0.393 e. The summed E-state index contributed by atoms with van der Waals surface area (Å²) in [5, 5.41) is 123. The highest BCUT2D eigenvalue weighted by atomic mass is 16.7. The lowest BCUT2D eigenvalue weighted by Crippen LogP contribution is -2.58. The van der Waals surface area contributed by atoms with E-state index >= 15 is 0 Å². The number of ketones is 1. The first-order valence-corrected chi connectivity index (χ1v) is 21.3. The first kappa shape index (κ1) is 53.6. The van der Waals surface area contributed by atoms with Gasteiger partial charge in [-0.25, -0.2) is 0 Å². The maximum atomic E-state index is 12.9. The van der Waals surface area contributed by atoms with Crippen LogP contribution in [0.3, 0.4) is 0 Å². The molecule has 1 aromatic carbocycles. The summed E-state index contributed by atoms with van der Waals surface area (Å²) in [6.45, 7) is 5.43. The molecule has 0 radical (unpaired) electrons. The molecule has 16 atom stereocenters. The second kappa shape index (κ2) is 29.0. The molecule has 16 heteroatoms. The highest BCUT2D eigenvalue weighted by molar-refractivity contribution is 5.81. The van der Waals surface area contributed by atoms with Gasteiger partial charge < -0.3 is 70.8 Å². The molecule has 1 aromatic rings. The molecule has 0 spiro atoms. The van der Waals surface area contributed by atoms with Crippen molar-refractivity contribution in [3.63, 3.8) is 0 Å². The molecule has 1 fully saturated rings. The molecule has 1 saturated heterocycles. The third-order valence-electron chi connectivity index (χ3n) is 10.6. The van der Waals surface area contributed by atoms with Gasteiger partial charge in [0.1, 0.15) is 24.1 Å². The minimum absolute atomic E-state index is 0.0575. The highest BCUT2D eigenvalue weighted by Crippen LogP contribution is 2.26. The molecule has 60 heavy (non-hydrogen) atoms. The highest BCUT2D eigenvalue weighted by Gasteiger charge is 2.44. The Kier molecular flexibility index (Phi) is 25.9. The Morgan fingerprint density at radius 3 is 1.80 bits per heavy atom. The molecular weight excluding hydrogens is 782 g/mol. The number of aliphatic hydroxyl groups is 12. The number of ether oxygens (including phenoxy) is 2. The van der Waals surface area contributed by atoms with E-state index in [0.717, 1.165) is 5.56 Å². The van der Waals surface area contributed by atoms with Gasteiger partial charge in [-0.05, 0) is 70.3 Å². The maximum Gasteiger partial charge on any atom is 0.186 e. The molecule has 1 aliphatic rings. The monoisotopic (exact) mass is 855 g/mol. The molecule has 1 aliphatic heterocycles. The van der Waals surface area contributed by atoms with Gasteiger partial charge in [0.2, 0.25) is 0 Å². The quantitative estimate of drug-likeness (QED) is 0.0287. The number of hydrogen-bond donors (Lipinski definition) is 12. The number of nitrogens with zero attached hydrogens (tertiary/aromatic N) is 1. The van der Waals surface area contributed by atoms with Gasteiger partial charge in [0, 0.05) is 37.9 Å². The van der Waals surface area contributed by atoms with E-state index in [-0.39, 0.29) is 63.6 Å². The van der Waals surface area contributed by atoms with Gasteiger partial charge in [0.25, 0.3) is 0 Å². The minimum atomic E-state index is -1.53. The summed E-state index contributed by atoms with van der Waals surface area (Å²) in [5.41, 5.74) is 1.00. The summed E-state index contributed by atoms with van der Waals surface area (Å²) in [5.74, 6) is -1.11. The van der Waals surface area contributed by atoms with Crippen molar-refractivity contribution in [1.82, 2.24) is 0 Å². The average Bonchev–Trinajstić information content (AvgIpc) is 3.17. The lowest BCUT2D eigenvalue weighted by molar-refractivity contribution is -0.306. The van der Waals surface area contributed by atoms with Crippen LogP contribution in [0.4, 0.5) is 0 Å². The van der Waals surface area contributed by atoms with E-state index < -0.39 is 97.7 Å². The average molecular weight is 856 g/mol. The number of aliphatic hydroxyl groups excluding tert-OH is 12. The number of aliphatic imine (C=N–C) groups is 1. The Morgan fingerprint density at radius 2 is 1.23 bits per heavy atom. The van der Waals surface area contributed by atoms with Crippen LogP contribution in [0.2, 0.25) is 0 Å². The van der Waals surface area contributed by atoms with Crippen LogP contribution in [0.1, 0.15) is 103 Å². The molecule has 2 rings (SSSR count). The SMILES string of the molecule is CCC(OC1OC(C)C(O)C(O)C1O)C(C)C(=O)CC(O)CC(O)CC(O)C=CCC(O)CC(O)CC(O)CC(O)C=CCC(O)CC(O)CCCN=Cc1ccccc1. The Labute approximate surface area is 354 Å². The van der Waals surface area contributed by atoms with Gasteiger partial charge in [0.05, 0.1) is 67.1 Å². The van der Waals surface area contributed by atoms with Crippen molar-refractivity contribution in [2.75, 3.05) is 6.54 Å². The van der Waals surface area contributed by atoms with Crippen molar-refractivity contribution in [2.24, 2.45) is 10.9 Å². The van der Waals surface area contributed by atoms with E-state index in [4.69, 9.17) is 9.47 Å². The zero-order valence-electron chi connectivity index (χ0n) is 35.2. The van der Waals surface area contributed by atoms with Crippen molar-refractivity contribution in [3.05, 3.63) is 60.2 Å². The zero-order valence-corrected chi connectivity index (χ0v) is 35.2. The van der Waals surface area contributed by atoms with E-state index in [9.17, 15) is 66.1 Å². The summed E-state index contributed by atoms with van der Waals surface area (Å²) >= 11 is 0. The molecule has 0 aliphatic carbocycles. The van der Waals surface area contributed by atoms with Gasteiger partial charge >= 0.3 is 0 Å². The van der Waals surface area contributed by atoms with Crippen LogP contribution in [0.5, 0.6) is 0 Å². The molecular formula is C44H73NO15. The molecule has 12 N–H and O–H groups in total. The van der Waals surface area contributed by atoms with Gasteiger partial charge in [-0.2, -0.15) is 0 Å². The fraction of sp³-hybridized carbons (Fsp3) is 0.727. The largest absolute Gasteiger partial charge is 0.393 e. The fourth-order valence-electron chi connectivity index (χ4n) is 7.06. The van der Waals surface area contributed by atoms with Crippen LogP contribution in [0.15, 0.2) is 59.6 Å². The number of carbonyl (C=O) groups excluding carboxylic acids is 1. The molecule has 344 valence electrons. The van der Waals surface area contributed by atoms with Gasteiger partial charge in [-0.3, -0.25) is 9.79 Å². The summed E-state index contributed by atoms with van der Waals surface area (Å²) < 4.78 is 11.3. The van der Waals surface area contributed by atoms with Crippen molar-refractivity contribution in [3.8, 4) is 0 Å². The fourth-order valence-corrected chi connectivity index (χ4v) is 7.06. The lowest BCUT2D eigenvalue weighted by atomic mass is 9.91. The Hall–Kier alpha value is -2.52. The molecule has 16 nitrogen and oxygen atoms in total. The van der Waals surface area contributed by atoms with Crippen LogP contribution in [0, 0.1) is 5.92 Å². The summed E-state index contributed by atoms with van der Waals surface area (Å²) in [4.78, 5) is 17.3. The van der Waals surface area contributed by atoms with Crippen molar-refractivity contribution < 1.29 is 75.5 Å². The molecule has 0 bridgehead atoms. The number of carbonyl (C=O) groups is 1. The van der Waals surface area contributed by atoms with E-state index in [2.05, 4.69) is 4.99 Å². The zero-order chi connectivity index (χ0) is 44.8. The van der Waals surface area contributed by atoms with E-state index in [1.807, 2.05) is 30.3 Å². The van der Waals surface area contributed by atoms with Crippen molar-refractivity contribution >= 4 is 12.0 Å². The normalized spacial score (nSPS) is 25.8. The van der Waals surface area contributed by atoms with Crippen LogP contribution < -0.4 is 0 Å². The molecule has 1 heterocycles. The predicted octanol–water partition coefficient (Wildman–Crippen LogP) is 0.585. The van der Waals surface area contributed by atoms with Crippen LogP contribution in [0.25, 0.3) is 0 Å². The van der Waals surface area contributed by atoms with Crippen molar-refractivity contribution in [1.29, 1.82) is 0 Å². The van der Waals surface area contributed by atoms with Crippen LogP contribution >= 0.6 is 0 Å².